The summed E-state index contributed by atoms with van der Waals surface area (Å²) in [5, 5.41) is 4.68. The highest BCUT2D eigenvalue weighted by atomic mass is 32.2. The SMILES string of the molecule is CC1CCNC2(CN3CCC2CC3)S1. The van der Waals surface area contributed by atoms with E-state index < -0.39 is 0 Å². The Balaban J connectivity index is 1.81. The molecule has 0 aromatic heterocycles. The predicted octanol–water partition coefficient (Wildman–Crippen LogP) is 1.52. The molecule has 0 saturated carbocycles. The van der Waals surface area contributed by atoms with Gasteiger partial charge in [0.25, 0.3) is 0 Å². The van der Waals surface area contributed by atoms with Gasteiger partial charge in [-0.1, -0.05) is 6.92 Å². The second-order valence-corrected chi connectivity index (χ2v) is 6.85. The van der Waals surface area contributed by atoms with Gasteiger partial charge in [0.15, 0.2) is 0 Å². The highest BCUT2D eigenvalue weighted by Gasteiger charge is 2.48. The Labute approximate surface area is 90.8 Å². The van der Waals surface area contributed by atoms with E-state index in [-0.39, 0.29) is 0 Å². The van der Waals surface area contributed by atoms with Crippen molar-refractivity contribution in [3.63, 3.8) is 0 Å². The maximum absolute atomic E-state index is 3.82. The van der Waals surface area contributed by atoms with Crippen LogP contribution in [0.4, 0.5) is 0 Å². The van der Waals surface area contributed by atoms with Crippen molar-refractivity contribution >= 4 is 11.8 Å². The van der Waals surface area contributed by atoms with E-state index in [1.54, 1.807) is 0 Å². The molecule has 0 amide bonds. The Kier molecular flexibility index (Phi) is 2.30. The summed E-state index contributed by atoms with van der Waals surface area (Å²) in [7, 11) is 0. The lowest BCUT2D eigenvalue weighted by atomic mass is 9.83. The predicted molar refractivity (Wildman–Crippen MR) is 61.6 cm³/mol. The first-order valence-corrected chi connectivity index (χ1v) is 6.82. The van der Waals surface area contributed by atoms with Gasteiger partial charge in [0.1, 0.15) is 0 Å². The van der Waals surface area contributed by atoms with Crippen LogP contribution in [-0.4, -0.2) is 41.2 Å². The topological polar surface area (TPSA) is 15.3 Å². The third-order valence-corrected chi connectivity index (χ3v) is 5.76. The summed E-state index contributed by atoms with van der Waals surface area (Å²) in [5.41, 5.74) is 0. The molecule has 2 unspecified atom stereocenters. The molecule has 0 aliphatic carbocycles. The Morgan fingerprint density at radius 1 is 1.29 bits per heavy atom. The van der Waals surface area contributed by atoms with Gasteiger partial charge in [0, 0.05) is 11.8 Å². The minimum atomic E-state index is 0.439. The first-order valence-electron chi connectivity index (χ1n) is 5.94. The average molecular weight is 212 g/mol. The van der Waals surface area contributed by atoms with Crippen molar-refractivity contribution in [3.8, 4) is 0 Å². The van der Waals surface area contributed by atoms with Gasteiger partial charge in [-0.3, -0.25) is 0 Å². The van der Waals surface area contributed by atoms with E-state index in [0.29, 0.717) is 4.87 Å². The Hall–Kier alpha value is 0.270. The van der Waals surface area contributed by atoms with Gasteiger partial charge in [-0.05, 0) is 44.8 Å². The number of thioether (sulfide) groups is 1. The molecular weight excluding hydrogens is 192 g/mol. The van der Waals surface area contributed by atoms with Crippen LogP contribution >= 0.6 is 11.8 Å². The second kappa shape index (κ2) is 3.39. The largest absolute Gasteiger partial charge is 0.301 e. The molecule has 2 atom stereocenters. The van der Waals surface area contributed by atoms with Crippen molar-refractivity contribution in [2.45, 2.75) is 36.3 Å². The van der Waals surface area contributed by atoms with Gasteiger partial charge < -0.3 is 10.2 Å². The maximum atomic E-state index is 3.82. The highest BCUT2D eigenvalue weighted by Crippen LogP contribution is 2.46. The second-order valence-electron chi connectivity index (χ2n) is 5.08. The lowest BCUT2D eigenvalue weighted by Crippen LogP contribution is -2.66. The monoisotopic (exact) mass is 212 g/mol. The third-order valence-electron chi connectivity index (χ3n) is 4.09. The minimum absolute atomic E-state index is 0.439. The molecule has 0 radical (unpaired) electrons. The van der Waals surface area contributed by atoms with Crippen molar-refractivity contribution < 1.29 is 0 Å². The molecule has 14 heavy (non-hydrogen) atoms. The molecule has 1 spiro atoms. The normalized spacial score (nSPS) is 52.5. The van der Waals surface area contributed by atoms with Crippen LogP contribution in [-0.2, 0) is 0 Å². The van der Waals surface area contributed by atoms with E-state index in [1.165, 1.54) is 45.4 Å². The quantitative estimate of drug-likeness (QED) is 0.655. The van der Waals surface area contributed by atoms with Crippen LogP contribution in [0.2, 0.25) is 0 Å². The smallest absolute Gasteiger partial charge is 0.0805 e. The molecule has 1 N–H and O–H groups in total. The molecular formula is C11H20N2S. The van der Waals surface area contributed by atoms with Crippen LogP contribution < -0.4 is 5.32 Å². The van der Waals surface area contributed by atoms with Gasteiger partial charge in [-0.25, -0.2) is 0 Å². The van der Waals surface area contributed by atoms with Crippen LogP contribution in [0.25, 0.3) is 0 Å². The zero-order chi connectivity index (χ0) is 9.60. The van der Waals surface area contributed by atoms with Crippen molar-refractivity contribution in [1.29, 1.82) is 0 Å². The van der Waals surface area contributed by atoms with Crippen LogP contribution in [0.1, 0.15) is 26.2 Å². The summed E-state index contributed by atoms with van der Waals surface area (Å²) < 4.78 is 0. The lowest BCUT2D eigenvalue weighted by Gasteiger charge is -2.55. The van der Waals surface area contributed by atoms with E-state index in [2.05, 4.69) is 28.9 Å². The fourth-order valence-corrected chi connectivity index (χ4v) is 5.12. The van der Waals surface area contributed by atoms with Crippen LogP contribution in [0.5, 0.6) is 0 Å². The molecule has 4 aliphatic rings. The summed E-state index contributed by atoms with van der Waals surface area (Å²) in [6, 6.07) is 0. The van der Waals surface area contributed by atoms with Crippen molar-refractivity contribution in [1.82, 2.24) is 10.2 Å². The summed E-state index contributed by atoms with van der Waals surface area (Å²) in [5.74, 6) is 0.945. The highest BCUT2D eigenvalue weighted by molar-refractivity contribution is 8.01. The van der Waals surface area contributed by atoms with Gasteiger partial charge >= 0.3 is 0 Å². The van der Waals surface area contributed by atoms with E-state index in [1.807, 2.05) is 0 Å². The van der Waals surface area contributed by atoms with Gasteiger partial charge in [-0.15, -0.1) is 11.8 Å². The number of hydrogen-bond acceptors (Lipinski definition) is 3. The Morgan fingerprint density at radius 3 is 2.64 bits per heavy atom. The van der Waals surface area contributed by atoms with E-state index in [4.69, 9.17) is 0 Å². The van der Waals surface area contributed by atoms with Gasteiger partial charge in [0.2, 0.25) is 0 Å². The fourth-order valence-electron chi connectivity index (χ4n) is 3.30. The van der Waals surface area contributed by atoms with Crippen molar-refractivity contribution in [2.75, 3.05) is 26.2 Å². The molecule has 4 heterocycles. The van der Waals surface area contributed by atoms with Gasteiger partial charge in [0.05, 0.1) is 4.87 Å². The number of hydrogen-bond donors (Lipinski definition) is 1. The molecule has 4 rings (SSSR count). The van der Waals surface area contributed by atoms with Crippen molar-refractivity contribution in [3.05, 3.63) is 0 Å². The Bertz CT molecular complexity index is 221. The third kappa shape index (κ3) is 1.41. The molecule has 2 nitrogen and oxygen atoms in total. The average Bonchev–Trinajstić information content (AvgIpc) is 2.18. The zero-order valence-electron chi connectivity index (χ0n) is 8.96. The molecule has 4 saturated heterocycles. The van der Waals surface area contributed by atoms with E-state index in [9.17, 15) is 0 Å². The van der Waals surface area contributed by atoms with Crippen LogP contribution in [0.3, 0.4) is 0 Å². The lowest BCUT2D eigenvalue weighted by molar-refractivity contribution is 0.0530. The Morgan fingerprint density at radius 2 is 2.07 bits per heavy atom. The molecule has 80 valence electrons. The van der Waals surface area contributed by atoms with Crippen LogP contribution in [0, 0.1) is 5.92 Å². The molecule has 4 fully saturated rings. The van der Waals surface area contributed by atoms with E-state index in [0.717, 1.165) is 11.2 Å². The first-order chi connectivity index (χ1) is 6.78. The number of rotatable bonds is 0. The maximum Gasteiger partial charge on any atom is 0.0805 e. The standard InChI is InChI=1S/C11H20N2S/c1-9-2-5-12-11(14-9)8-13-6-3-10(11)4-7-13/h9-10,12H,2-8H2,1H3. The molecule has 0 aromatic carbocycles. The molecule has 0 aromatic rings. The van der Waals surface area contributed by atoms with E-state index >= 15 is 0 Å². The van der Waals surface area contributed by atoms with Crippen LogP contribution in [0.15, 0.2) is 0 Å². The molecule has 3 heteroatoms. The number of nitrogens with one attached hydrogen (secondary N) is 1. The molecule has 4 aliphatic heterocycles. The number of fused-ring (bicyclic) bond motifs is 2. The van der Waals surface area contributed by atoms with Gasteiger partial charge in [-0.2, -0.15) is 0 Å². The minimum Gasteiger partial charge on any atom is -0.301 e. The summed E-state index contributed by atoms with van der Waals surface area (Å²) >= 11 is 2.22. The number of piperidine rings is 3. The zero-order valence-corrected chi connectivity index (χ0v) is 9.78. The summed E-state index contributed by atoms with van der Waals surface area (Å²) in [4.78, 5) is 3.09. The number of nitrogens with zero attached hydrogens (tertiary/aromatic N) is 1. The first kappa shape index (κ1) is 9.49. The van der Waals surface area contributed by atoms with Crippen molar-refractivity contribution in [2.24, 2.45) is 5.92 Å². The fraction of sp³-hybridized carbons (Fsp3) is 1.00. The molecule has 2 bridgehead atoms. The summed E-state index contributed by atoms with van der Waals surface area (Å²) in [6.45, 7) is 7.63. The summed E-state index contributed by atoms with van der Waals surface area (Å²) in [6.07, 6.45) is 4.19.